The Hall–Kier alpha value is -1.86. The van der Waals surface area contributed by atoms with Gasteiger partial charge >= 0.3 is 5.97 Å². The number of nitrogens with zero attached hydrogens (tertiary/aromatic N) is 2. The monoisotopic (exact) mass is 306 g/mol. The number of likely N-dealkylation sites (N-methyl/N-ethyl adjacent to an activating group) is 1. The fourth-order valence-corrected chi connectivity index (χ4v) is 3.07. The zero-order valence-electron chi connectivity index (χ0n) is 11.7. The molecule has 1 heterocycles. The first-order valence-corrected chi connectivity index (χ1v) is 7.69. The van der Waals surface area contributed by atoms with Gasteiger partial charge in [0.1, 0.15) is 11.9 Å². The first kappa shape index (κ1) is 15.5. The van der Waals surface area contributed by atoms with Crippen LogP contribution in [0.25, 0.3) is 0 Å². The lowest BCUT2D eigenvalue weighted by atomic mass is 9.87. The van der Waals surface area contributed by atoms with E-state index in [1.165, 1.54) is 18.1 Å². The molecule has 0 bridgehead atoms. The van der Waals surface area contributed by atoms with Crippen LogP contribution in [0.2, 0.25) is 0 Å². The number of carboxylic acid groups (broad SMARTS) is 1. The van der Waals surface area contributed by atoms with Gasteiger partial charge in [0.15, 0.2) is 5.16 Å². The molecule has 1 aromatic carbocycles. The van der Waals surface area contributed by atoms with Crippen molar-refractivity contribution in [2.24, 2.45) is 0 Å². The molecule has 1 aromatic heterocycles. The van der Waals surface area contributed by atoms with E-state index in [4.69, 9.17) is 0 Å². The highest BCUT2D eigenvalue weighted by Crippen LogP contribution is 2.28. The van der Waals surface area contributed by atoms with Crippen molar-refractivity contribution in [2.45, 2.75) is 24.0 Å². The number of aliphatic carboxylic acids is 1. The van der Waals surface area contributed by atoms with Gasteiger partial charge in [-0.15, -0.1) is 0 Å². The van der Waals surface area contributed by atoms with E-state index >= 15 is 0 Å². The Morgan fingerprint density at radius 3 is 2.76 bits per heavy atom. The number of thioether (sulfide) groups is 1. The van der Waals surface area contributed by atoms with Crippen molar-refractivity contribution >= 4 is 17.7 Å². The molecule has 6 nitrogen and oxygen atoms in total. The molecule has 0 aliphatic carbocycles. The van der Waals surface area contributed by atoms with Gasteiger partial charge < -0.3 is 5.11 Å². The van der Waals surface area contributed by atoms with Crippen molar-refractivity contribution < 1.29 is 9.90 Å². The van der Waals surface area contributed by atoms with Crippen molar-refractivity contribution in [3.63, 3.8) is 0 Å². The number of aromatic nitrogens is 3. The Kier molecular flexibility index (Phi) is 5.35. The van der Waals surface area contributed by atoms with Crippen molar-refractivity contribution in [1.82, 2.24) is 20.5 Å². The van der Waals surface area contributed by atoms with Crippen LogP contribution in [0.15, 0.2) is 41.8 Å². The first-order chi connectivity index (χ1) is 10.2. The molecule has 3 N–H and O–H groups in total. The molecule has 21 heavy (non-hydrogen) atoms. The third-order valence-corrected chi connectivity index (χ3v) is 4.10. The zero-order valence-corrected chi connectivity index (χ0v) is 12.6. The summed E-state index contributed by atoms with van der Waals surface area (Å²) in [5, 5.41) is 20.1. The van der Waals surface area contributed by atoms with E-state index in [1.54, 1.807) is 0 Å². The summed E-state index contributed by atoms with van der Waals surface area (Å²) >= 11 is 1.46. The summed E-state index contributed by atoms with van der Waals surface area (Å²) in [4.78, 5) is 15.9. The number of benzene rings is 1. The van der Waals surface area contributed by atoms with Crippen LogP contribution in [0.3, 0.4) is 0 Å². The third-order valence-electron chi connectivity index (χ3n) is 3.22. The summed E-state index contributed by atoms with van der Waals surface area (Å²) in [5.74, 6) is -0.252. The van der Waals surface area contributed by atoms with Gasteiger partial charge in [0.05, 0.1) is 0 Å². The topological polar surface area (TPSA) is 90.9 Å². The molecule has 112 valence electrons. The predicted octanol–water partition coefficient (Wildman–Crippen LogP) is 1.88. The standard InChI is InChI=1S/C14H18N4O2S/c1-2-16-14(12(19)20,11-6-4-3-5-7-11)8-9-21-13-15-10-17-18-13/h3-7,10,16H,2,8-9H2,1H3,(H,19,20)(H,15,17,18). The van der Waals surface area contributed by atoms with Crippen molar-refractivity contribution in [2.75, 3.05) is 12.3 Å². The van der Waals surface area contributed by atoms with Crippen molar-refractivity contribution in [3.8, 4) is 0 Å². The maximum atomic E-state index is 11.9. The van der Waals surface area contributed by atoms with Gasteiger partial charge in [-0.25, -0.2) is 9.78 Å². The van der Waals surface area contributed by atoms with E-state index in [9.17, 15) is 9.90 Å². The van der Waals surface area contributed by atoms with Crippen LogP contribution >= 0.6 is 11.8 Å². The number of H-pyrrole nitrogens is 1. The van der Waals surface area contributed by atoms with E-state index in [2.05, 4.69) is 20.5 Å². The molecule has 0 fully saturated rings. The van der Waals surface area contributed by atoms with Gasteiger partial charge in [-0.2, -0.15) is 5.10 Å². The van der Waals surface area contributed by atoms with Gasteiger partial charge in [-0.05, 0) is 18.5 Å². The second-order valence-electron chi connectivity index (χ2n) is 4.50. The zero-order chi connectivity index (χ0) is 15.1. The highest BCUT2D eigenvalue weighted by molar-refractivity contribution is 7.99. The van der Waals surface area contributed by atoms with E-state index in [0.29, 0.717) is 23.9 Å². The Labute approximate surface area is 127 Å². The van der Waals surface area contributed by atoms with Gasteiger partial charge in [0.2, 0.25) is 0 Å². The molecule has 1 unspecified atom stereocenters. The maximum absolute atomic E-state index is 11.9. The SMILES string of the molecule is CCNC(CCSc1ncn[nH]1)(C(=O)O)c1ccccc1. The third kappa shape index (κ3) is 3.62. The fraction of sp³-hybridized carbons (Fsp3) is 0.357. The number of aromatic amines is 1. The highest BCUT2D eigenvalue weighted by atomic mass is 32.2. The Morgan fingerprint density at radius 2 is 2.19 bits per heavy atom. The number of rotatable bonds is 8. The predicted molar refractivity (Wildman–Crippen MR) is 81.2 cm³/mol. The molecule has 2 rings (SSSR count). The molecule has 0 amide bonds. The molecule has 0 saturated heterocycles. The minimum absolute atomic E-state index is 0.450. The molecular formula is C14H18N4O2S. The van der Waals surface area contributed by atoms with Crippen LogP contribution in [-0.4, -0.2) is 38.6 Å². The number of carboxylic acids is 1. The highest BCUT2D eigenvalue weighted by Gasteiger charge is 2.39. The molecule has 7 heteroatoms. The number of hydrogen-bond acceptors (Lipinski definition) is 5. The van der Waals surface area contributed by atoms with Crippen LogP contribution < -0.4 is 5.32 Å². The molecule has 0 spiro atoms. The van der Waals surface area contributed by atoms with Crippen LogP contribution in [0.4, 0.5) is 0 Å². The average Bonchev–Trinajstić information content (AvgIpc) is 3.00. The van der Waals surface area contributed by atoms with Crippen molar-refractivity contribution in [1.29, 1.82) is 0 Å². The summed E-state index contributed by atoms with van der Waals surface area (Å²) in [5.41, 5.74) is -0.319. The maximum Gasteiger partial charge on any atom is 0.328 e. The van der Waals surface area contributed by atoms with Crippen LogP contribution in [0, 0.1) is 0 Å². The van der Waals surface area contributed by atoms with Crippen LogP contribution in [-0.2, 0) is 10.3 Å². The molecule has 1 atom stereocenters. The molecule has 2 aromatic rings. The number of nitrogens with one attached hydrogen (secondary N) is 2. The normalized spacial score (nSPS) is 13.8. The van der Waals surface area contributed by atoms with E-state index in [1.807, 2.05) is 37.3 Å². The number of carbonyl (C=O) groups is 1. The summed E-state index contributed by atoms with van der Waals surface area (Å²) in [7, 11) is 0. The van der Waals surface area contributed by atoms with E-state index < -0.39 is 11.5 Å². The smallest absolute Gasteiger partial charge is 0.328 e. The quantitative estimate of drug-likeness (QED) is 0.645. The van der Waals surface area contributed by atoms with E-state index in [0.717, 1.165) is 5.56 Å². The Bertz CT molecular complexity index is 562. The first-order valence-electron chi connectivity index (χ1n) is 6.71. The second-order valence-corrected chi connectivity index (χ2v) is 5.58. The van der Waals surface area contributed by atoms with Gasteiger partial charge in [-0.3, -0.25) is 10.4 Å². The van der Waals surface area contributed by atoms with Gasteiger partial charge in [0, 0.05) is 5.75 Å². The minimum atomic E-state index is -1.08. The fourth-order valence-electron chi connectivity index (χ4n) is 2.23. The van der Waals surface area contributed by atoms with E-state index in [-0.39, 0.29) is 0 Å². The largest absolute Gasteiger partial charge is 0.480 e. The molecule has 0 aliphatic heterocycles. The Morgan fingerprint density at radius 1 is 1.43 bits per heavy atom. The van der Waals surface area contributed by atoms with Crippen molar-refractivity contribution in [3.05, 3.63) is 42.2 Å². The molecule has 0 radical (unpaired) electrons. The van der Waals surface area contributed by atoms with Crippen LogP contribution in [0.1, 0.15) is 18.9 Å². The summed E-state index contributed by atoms with van der Waals surface area (Å²) < 4.78 is 0. The molecule has 0 saturated carbocycles. The summed E-state index contributed by atoms with van der Waals surface area (Å²) in [6, 6.07) is 9.28. The lowest BCUT2D eigenvalue weighted by Gasteiger charge is -2.30. The molecule has 0 aliphatic rings. The van der Waals surface area contributed by atoms with Gasteiger partial charge in [-0.1, -0.05) is 49.0 Å². The molecular weight excluding hydrogens is 288 g/mol. The lowest BCUT2D eigenvalue weighted by Crippen LogP contribution is -2.49. The minimum Gasteiger partial charge on any atom is -0.480 e. The second kappa shape index (κ2) is 7.24. The van der Waals surface area contributed by atoms with Gasteiger partial charge in [0.25, 0.3) is 0 Å². The lowest BCUT2D eigenvalue weighted by molar-refractivity contribution is -0.145. The number of hydrogen-bond donors (Lipinski definition) is 3. The summed E-state index contributed by atoms with van der Waals surface area (Å²) in [6.45, 7) is 2.48. The Balaban J connectivity index is 2.16. The average molecular weight is 306 g/mol. The summed E-state index contributed by atoms with van der Waals surface area (Å²) in [6.07, 6.45) is 1.89. The van der Waals surface area contributed by atoms with Crippen LogP contribution in [0.5, 0.6) is 0 Å².